The minimum Gasteiger partial charge on any atom is -0.478 e. The number of rotatable bonds is 9. The van der Waals surface area contributed by atoms with Crippen molar-refractivity contribution in [2.75, 3.05) is 32.5 Å². The van der Waals surface area contributed by atoms with E-state index in [1.165, 1.54) is 6.38 Å². The average molecular weight is 590 g/mol. The Kier molecular flexibility index (Phi) is 13.8. The molecule has 1 aromatic heterocycles. The second-order valence-electron chi connectivity index (χ2n) is 9.03. The van der Waals surface area contributed by atoms with Crippen molar-refractivity contribution in [3.63, 3.8) is 0 Å². The van der Waals surface area contributed by atoms with Gasteiger partial charge >= 0.3 is 5.97 Å². The number of halogens is 2. The maximum absolute atomic E-state index is 13.0. The zero-order chi connectivity index (χ0) is 29.5. The van der Waals surface area contributed by atoms with Crippen LogP contribution in [0.25, 0.3) is 0 Å². The molecule has 10 heteroatoms. The molecule has 1 atom stereocenters. The van der Waals surface area contributed by atoms with Crippen molar-refractivity contribution in [2.45, 2.75) is 38.0 Å². The van der Waals surface area contributed by atoms with Crippen molar-refractivity contribution in [3.05, 3.63) is 94.8 Å². The van der Waals surface area contributed by atoms with Crippen molar-refractivity contribution in [3.8, 4) is 0 Å². The first-order valence-corrected chi connectivity index (χ1v) is 13.9. The largest absolute Gasteiger partial charge is 0.478 e. The molecule has 1 fully saturated rings. The summed E-state index contributed by atoms with van der Waals surface area (Å²) in [6.45, 7) is 0.621. The number of nitrogens with one attached hydrogen (secondary N) is 1. The predicted molar refractivity (Wildman–Crippen MR) is 157 cm³/mol. The molecule has 1 aliphatic rings. The number of carbonyl (C=O) groups is 3. The number of aldehydes is 1. The summed E-state index contributed by atoms with van der Waals surface area (Å²) in [6.07, 6.45) is 9.04. The molecule has 8 nitrogen and oxygen atoms in total. The third-order valence-electron chi connectivity index (χ3n) is 6.60. The minimum atomic E-state index is -0.901. The smallest absolute Gasteiger partial charge is 0.335 e. The number of aromatic carboxylic acids is 1. The van der Waals surface area contributed by atoms with Gasteiger partial charge < -0.3 is 15.2 Å². The minimum absolute atomic E-state index is 0.191. The second kappa shape index (κ2) is 16.7. The normalized spacial score (nSPS) is 16.2. The van der Waals surface area contributed by atoms with Crippen LogP contribution in [0.1, 0.15) is 52.0 Å². The van der Waals surface area contributed by atoms with Crippen molar-refractivity contribution in [1.29, 1.82) is 0 Å². The van der Waals surface area contributed by atoms with Gasteiger partial charge in [-0.15, -0.1) is 11.6 Å². The Labute approximate surface area is 245 Å². The van der Waals surface area contributed by atoms with Gasteiger partial charge in [-0.25, -0.2) is 4.79 Å². The molecule has 3 aromatic rings. The van der Waals surface area contributed by atoms with Gasteiger partial charge in [-0.05, 0) is 49.7 Å². The summed E-state index contributed by atoms with van der Waals surface area (Å²) in [5.74, 6) is -0.710. The maximum Gasteiger partial charge on any atom is 0.335 e. The van der Waals surface area contributed by atoms with Crippen molar-refractivity contribution >= 4 is 46.9 Å². The zero-order valence-corrected chi connectivity index (χ0v) is 24.5. The van der Waals surface area contributed by atoms with Crippen molar-refractivity contribution in [1.82, 2.24) is 4.90 Å². The Balaban J connectivity index is 0.000000360. The lowest BCUT2D eigenvalue weighted by molar-refractivity contribution is -0.733. The molecule has 0 aliphatic heterocycles. The molecule has 0 saturated heterocycles. The monoisotopic (exact) mass is 588 g/mol. The molecular weight excluding hydrogens is 553 g/mol. The number of anilines is 1. The van der Waals surface area contributed by atoms with Gasteiger partial charge in [-0.2, -0.15) is 4.57 Å². The summed E-state index contributed by atoms with van der Waals surface area (Å²) < 4.78 is 7.69. The van der Waals surface area contributed by atoms with Gasteiger partial charge in [-0.1, -0.05) is 42.3 Å². The number of carboxylic acids is 1. The Morgan fingerprint density at radius 2 is 1.82 bits per heavy atom. The predicted octanol–water partition coefficient (Wildman–Crippen LogP) is 5.62. The molecule has 0 radical (unpaired) electrons. The number of aromatic nitrogens is 1. The highest BCUT2D eigenvalue weighted by Crippen LogP contribution is 2.42. The lowest BCUT2D eigenvalue weighted by Gasteiger charge is -2.43. The van der Waals surface area contributed by atoms with E-state index < -0.39 is 11.5 Å². The fourth-order valence-corrected chi connectivity index (χ4v) is 4.83. The number of ketones is 1. The number of hydrogen-bond acceptors (Lipinski definition) is 6. The standard InChI is InChI=1S/C21H24ClN2O3.C8H9NO2.CH3Cl/c1-23(15-27-16-24-12-9-17(14-25)10-13-24)21(11-5-4-8-20(21)26)18-6-2-3-7-19(18)22;1-9-7-4-2-3-6(5-7)8(10)11;1-2/h2-3,6-7,9-10,12-14H,4-5,8,11,15-16H2,1H3;2-5,9H,1H3,(H,10,11);1H3/q+1;;. The van der Waals surface area contributed by atoms with Gasteiger partial charge in [-0.3, -0.25) is 14.5 Å². The van der Waals surface area contributed by atoms with Crippen LogP contribution in [0.4, 0.5) is 5.69 Å². The van der Waals surface area contributed by atoms with E-state index >= 15 is 0 Å². The topological polar surface area (TPSA) is 99.8 Å². The number of Topliss-reactive ketones (excluding diaryl/α,β-unsaturated/α-hetero) is 1. The molecule has 4 rings (SSSR count). The quantitative estimate of drug-likeness (QED) is 0.145. The molecule has 1 heterocycles. The second-order valence-corrected chi connectivity index (χ2v) is 9.44. The Bertz CT molecular complexity index is 1260. The highest BCUT2D eigenvalue weighted by molar-refractivity contribution is 6.31. The lowest BCUT2D eigenvalue weighted by atomic mass is 9.74. The molecule has 0 spiro atoms. The molecular formula is C30H36Cl2N3O5+. The van der Waals surface area contributed by atoms with Crippen LogP contribution >= 0.6 is 23.2 Å². The maximum atomic E-state index is 13.0. The molecule has 0 amide bonds. The SMILES string of the molecule is CCl.CN(COC[n+]1ccc(C=O)cc1)C1(c2ccccc2Cl)CCCCC1=O.CNc1cccc(C(=O)O)c1. The molecule has 1 saturated carbocycles. The van der Waals surface area contributed by atoms with E-state index in [9.17, 15) is 14.4 Å². The molecule has 214 valence electrons. The summed E-state index contributed by atoms with van der Waals surface area (Å²) in [6, 6.07) is 17.7. The van der Waals surface area contributed by atoms with Gasteiger partial charge in [0.2, 0.25) is 0 Å². The van der Waals surface area contributed by atoms with E-state index in [1.807, 2.05) is 46.8 Å². The fraction of sp³-hybridized carbons (Fsp3) is 0.333. The summed E-state index contributed by atoms with van der Waals surface area (Å²) in [5.41, 5.74) is 1.84. The average Bonchev–Trinajstić information content (AvgIpc) is 2.99. The number of likely N-dealkylation sites (N-methyl/N-ethyl adjacent to an activating group) is 1. The number of carbonyl (C=O) groups excluding carboxylic acids is 2. The van der Waals surface area contributed by atoms with Crippen LogP contribution in [0.15, 0.2) is 73.1 Å². The van der Waals surface area contributed by atoms with Crippen molar-refractivity contribution < 1.29 is 28.8 Å². The van der Waals surface area contributed by atoms with Crippen molar-refractivity contribution in [2.24, 2.45) is 0 Å². The highest BCUT2D eigenvalue weighted by Gasteiger charge is 2.46. The van der Waals surface area contributed by atoms with E-state index in [-0.39, 0.29) is 5.78 Å². The number of benzene rings is 2. The van der Waals surface area contributed by atoms with E-state index in [1.54, 1.807) is 49.8 Å². The number of nitrogens with zero attached hydrogens (tertiary/aromatic N) is 2. The summed E-state index contributed by atoms with van der Waals surface area (Å²) in [4.78, 5) is 36.2. The van der Waals surface area contributed by atoms with E-state index in [0.29, 0.717) is 36.0 Å². The Morgan fingerprint density at radius 3 is 2.42 bits per heavy atom. The van der Waals surface area contributed by atoms with Gasteiger partial charge in [0.05, 0.1) is 5.56 Å². The van der Waals surface area contributed by atoms with E-state index in [4.69, 9.17) is 21.4 Å². The highest BCUT2D eigenvalue weighted by atomic mass is 35.5. The van der Waals surface area contributed by atoms with Crippen LogP contribution < -0.4 is 9.88 Å². The van der Waals surface area contributed by atoms with Crippen LogP contribution in [0.3, 0.4) is 0 Å². The van der Waals surface area contributed by atoms with Gasteiger partial charge in [0.25, 0.3) is 6.73 Å². The molecule has 1 unspecified atom stereocenters. The zero-order valence-electron chi connectivity index (χ0n) is 23.0. The number of alkyl halides is 1. The van der Waals surface area contributed by atoms with Crippen LogP contribution in [-0.2, 0) is 21.8 Å². The van der Waals surface area contributed by atoms with Crippen LogP contribution in [-0.4, -0.2) is 55.3 Å². The third kappa shape index (κ3) is 8.60. The van der Waals surface area contributed by atoms with Gasteiger partial charge in [0.1, 0.15) is 12.3 Å². The number of pyridine rings is 1. The first-order valence-electron chi connectivity index (χ1n) is 12.7. The summed E-state index contributed by atoms with van der Waals surface area (Å²) in [5, 5.41) is 12.0. The third-order valence-corrected chi connectivity index (χ3v) is 6.93. The Morgan fingerprint density at radius 1 is 1.12 bits per heavy atom. The number of hydrogen-bond donors (Lipinski definition) is 2. The lowest BCUT2D eigenvalue weighted by Crippen LogP contribution is -2.53. The van der Waals surface area contributed by atoms with Crippen LogP contribution in [0.2, 0.25) is 5.02 Å². The first kappa shape index (κ1) is 32.9. The van der Waals surface area contributed by atoms with Crippen LogP contribution in [0, 0.1) is 0 Å². The number of ether oxygens (including phenoxy) is 1. The van der Waals surface area contributed by atoms with E-state index in [2.05, 4.69) is 16.9 Å². The summed E-state index contributed by atoms with van der Waals surface area (Å²) in [7, 11) is 3.66. The van der Waals surface area contributed by atoms with Gasteiger partial charge in [0.15, 0.2) is 24.5 Å². The molecule has 2 N–H and O–H groups in total. The van der Waals surface area contributed by atoms with Crippen LogP contribution in [0.5, 0.6) is 0 Å². The van der Waals surface area contributed by atoms with E-state index in [0.717, 1.165) is 36.8 Å². The Hall–Kier alpha value is -3.30. The van der Waals surface area contributed by atoms with Gasteiger partial charge in [0, 0.05) is 48.3 Å². The first-order chi connectivity index (χ1) is 19.3. The fourth-order valence-electron chi connectivity index (χ4n) is 4.54. The molecule has 1 aliphatic carbocycles. The molecule has 40 heavy (non-hydrogen) atoms. The molecule has 2 aromatic carbocycles. The number of carboxylic acid groups (broad SMARTS) is 1. The summed E-state index contributed by atoms with van der Waals surface area (Å²) >= 11 is 11.1. The molecule has 0 bridgehead atoms.